The predicted octanol–water partition coefficient (Wildman–Crippen LogP) is 3.18. The third-order valence-corrected chi connectivity index (χ3v) is 5.89. The fourth-order valence-electron chi connectivity index (χ4n) is 4.09. The lowest BCUT2D eigenvalue weighted by Crippen LogP contribution is -2.54. The van der Waals surface area contributed by atoms with Crippen molar-refractivity contribution in [1.29, 1.82) is 0 Å². The van der Waals surface area contributed by atoms with E-state index in [9.17, 15) is 39.4 Å². The minimum atomic E-state index is -1.24. The second-order valence-corrected chi connectivity index (χ2v) is 9.24. The largest absolute Gasteiger partial charge is 0.513 e. The van der Waals surface area contributed by atoms with E-state index in [1.165, 1.54) is 30.3 Å². The van der Waals surface area contributed by atoms with Gasteiger partial charge in [-0.25, -0.2) is 4.79 Å². The average molecular weight is 621 g/mol. The third-order valence-electron chi connectivity index (χ3n) is 5.89. The molecule has 0 radical (unpaired) electrons. The van der Waals surface area contributed by atoms with Gasteiger partial charge in [-0.1, -0.05) is 6.07 Å². The van der Waals surface area contributed by atoms with Crippen molar-refractivity contribution in [2.75, 3.05) is 13.2 Å². The number of nitro benzene ring substituents is 2. The molecule has 1 saturated heterocycles. The molecule has 1 aliphatic rings. The lowest BCUT2D eigenvalue weighted by atomic mass is 10.0. The van der Waals surface area contributed by atoms with Crippen LogP contribution < -0.4 is 9.47 Å². The maximum atomic E-state index is 12.0. The average Bonchev–Trinajstić information content (AvgIpc) is 2.93. The van der Waals surface area contributed by atoms with Gasteiger partial charge >= 0.3 is 29.8 Å². The molecule has 0 amide bonds. The summed E-state index contributed by atoms with van der Waals surface area (Å²) in [5, 5.41) is 22.6. The molecule has 0 bridgehead atoms. The van der Waals surface area contributed by atoms with Gasteiger partial charge in [0.25, 0.3) is 5.69 Å². The number of hydrogen-bond acceptors (Lipinski definition) is 15. The Morgan fingerprint density at radius 2 is 1.57 bits per heavy atom. The number of rotatable bonds is 12. The molecule has 0 aliphatic carbocycles. The normalized spacial score (nSPS) is 19.2. The van der Waals surface area contributed by atoms with Crippen molar-refractivity contribution < 1.29 is 62.2 Å². The summed E-state index contributed by atoms with van der Waals surface area (Å²) >= 11 is 0. The second kappa shape index (κ2) is 15.2. The van der Waals surface area contributed by atoms with Crippen LogP contribution in [-0.2, 0) is 44.5 Å². The zero-order chi connectivity index (χ0) is 32.4. The van der Waals surface area contributed by atoms with Crippen molar-refractivity contribution >= 4 is 35.4 Å². The zero-order valence-corrected chi connectivity index (χ0v) is 23.7. The number of ether oxygens (including phenoxy) is 7. The van der Waals surface area contributed by atoms with Gasteiger partial charge in [-0.05, 0) is 23.8 Å². The molecular formula is C27H28N2O15. The summed E-state index contributed by atoms with van der Waals surface area (Å²) in [6, 6.07) is 8.73. The molecule has 17 nitrogen and oxygen atoms in total. The highest BCUT2D eigenvalue weighted by molar-refractivity contribution is 5.68. The SMILES string of the molecule is CC(=O)OC[C@H]1O[C@@H](Oc2ccc(CCOC(=O)Oc3ccc([N+](=O)[O-])cc3)cc2[N+](=O)[O-])C[C@@H](OC(C)=O)[C@H]1OC(C)=O. The molecule has 2 aromatic carbocycles. The lowest BCUT2D eigenvalue weighted by molar-refractivity contribution is -0.386. The molecule has 0 aromatic heterocycles. The fraction of sp³-hybridized carbons (Fsp3) is 0.407. The van der Waals surface area contributed by atoms with Crippen LogP contribution in [0.5, 0.6) is 11.5 Å². The Morgan fingerprint density at radius 1 is 0.886 bits per heavy atom. The van der Waals surface area contributed by atoms with Crippen LogP contribution in [0.1, 0.15) is 32.8 Å². The maximum Gasteiger partial charge on any atom is 0.513 e. The summed E-state index contributed by atoms with van der Waals surface area (Å²) in [5.74, 6) is -2.25. The van der Waals surface area contributed by atoms with Crippen molar-refractivity contribution in [3.63, 3.8) is 0 Å². The van der Waals surface area contributed by atoms with E-state index in [1.807, 2.05) is 0 Å². The highest BCUT2D eigenvalue weighted by atomic mass is 16.7. The zero-order valence-electron chi connectivity index (χ0n) is 23.7. The molecule has 1 fully saturated rings. The van der Waals surface area contributed by atoms with Gasteiger partial charge in [0.05, 0.1) is 22.9 Å². The van der Waals surface area contributed by atoms with E-state index in [-0.39, 0.29) is 36.6 Å². The summed E-state index contributed by atoms with van der Waals surface area (Å²) in [7, 11) is 0. The van der Waals surface area contributed by atoms with Crippen molar-refractivity contribution in [3.05, 3.63) is 68.3 Å². The molecule has 236 valence electrons. The van der Waals surface area contributed by atoms with Gasteiger partial charge in [-0.15, -0.1) is 0 Å². The Morgan fingerprint density at radius 3 is 2.16 bits per heavy atom. The number of nitrogens with zero attached hydrogens (tertiary/aromatic N) is 2. The van der Waals surface area contributed by atoms with E-state index >= 15 is 0 Å². The first kappa shape index (κ1) is 33.2. The van der Waals surface area contributed by atoms with Crippen molar-refractivity contribution in [2.24, 2.45) is 0 Å². The third kappa shape index (κ3) is 9.90. The number of esters is 3. The quantitative estimate of drug-likeness (QED) is 0.109. The van der Waals surface area contributed by atoms with Crippen LogP contribution in [-0.4, -0.2) is 71.7 Å². The lowest BCUT2D eigenvalue weighted by Gasteiger charge is -2.39. The van der Waals surface area contributed by atoms with Crippen molar-refractivity contribution in [3.8, 4) is 11.5 Å². The van der Waals surface area contributed by atoms with Gasteiger partial charge in [0.1, 0.15) is 24.6 Å². The monoisotopic (exact) mass is 620 g/mol. The summed E-state index contributed by atoms with van der Waals surface area (Å²) in [6.07, 6.45) is -5.82. The first-order chi connectivity index (χ1) is 20.8. The fourth-order valence-corrected chi connectivity index (χ4v) is 4.09. The van der Waals surface area contributed by atoms with E-state index in [0.29, 0.717) is 5.56 Å². The molecule has 3 rings (SSSR count). The summed E-state index contributed by atoms with van der Waals surface area (Å²) in [6.45, 7) is 2.82. The first-order valence-electron chi connectivity index (χ1n) is 13.0. The number of carbonyl (C=O) groups excluding carboxylic acids is 4. The van der Waals surface area contributed by atoms with Crippen molar-refractivity contribution in [2.45, 2.75) is 58.2 Å². The predicted molar refractivity (Wildman–Crippen MR) is 144 cm³/mol. The van der Waals surface area contributed by atoms with E-state index in [1.54, 1.807) is 0 Å². The molecule has 2 aromatic rings. The minimum absolute atomic E-state index is 0.0212. The summed E-state index contributed by atoms with van der Waals surface area (Å²) in [4.78, 5) is 68.0. The van der Waals surface area contributed by atoms with Gasteiger partial charge < -0.3 is 33.2 Å². The highest BCUT2D eigenvalue weighted by Crippen LogP contribution is 2.33. The van der Waals surface area contributed by atoms with Gasteiger partial charge in [-0.2, -0.15) is 0 Å². The number of carbonyl (C=O) groups is 4. The Bertz CT molecular complexity index is 1390. The second-order valence-electron chi connectivity index (χ2n) is 9.24. The van der Waals surface area contributed by atoms with Crippen LogP contribution in [0.15, 0.2) is 42.5 Å². The van der Waals surface area contributed by atoms with E-state index in [2.05, 4.69) is 0 Å². The Balaban J connectivity index is 1.67. The van der Waals surface area contributed by atoms with E-state index in [0.717, 1.165) is 32.9 Å². The summed E-state index contributed by atoms with van der Waals surface area (Å²) in [5.41, 5.74) is -0.244. The molecule has 0 saturated carbocycles. The number of benzene rings is 2. The molecule has 1 aliphatic heterocycles. The van der Waals surface area contributed by atoms with Gasteiger partial charge in [0, 0.05) is 45.4 Å². The van der Waals surface area contributed by atoms with Gasteiger partial charge in [-0.3, -0.25) is 34.6 Å². The van der Waals surface area contributed by atoms with Crippen LogP contribution in [0.25, 0.3) is 0 Å². The topological polar surface area (TPSA) is 219 Å². The maximum absolute atomic E-state index is 12.0. The smallest absolute Gasteiger partial charge is 0.463 e. The molecule has 0 unspecified atom stereocenters. The van der Waals surface area contributed by atoms with Crippen molar-refractivity contribution in [1.82, 2.24) is 0 Å². The van der Waals surface area contributed by atoms with Crippen LogP contribution in [0, 0.1) is 20.2 Å². The van der Waals surface area contributed by atoms with E-state index in [4.69, 9.17) is 33.2 Å². The molecule has 17 heteroatoms. The minimum Gasteiger partial charge on any atom is -0.463 e. The van der Waals surface area contributed by atoms with Gasteiger partial charge in [0.15, 0.2) is 11.9 Å². The Labute approximate surface area is 249 Å². The Hall–Kier alpha value is -5.32. The molecule has 0 spiro atoms. The molecule has 4 atom stereocenters. The van der Waals surface area contributed by atoms with Crippen LogP contribution in [0.3, 0.4) is 0 Å². The van der Waals surface area contributed by atoms with Crippen LogP contribution >= 0.6 is 0 Å². The van der Waals surface area contributed by atoms with Crippen LogP contribution in [0.4, 0.5) is 16.2 Å². The number of non-ortho nitro benzene ring substituents is 1. The molecule has 44 heavy (non-hydrogen) atoms. The molecule has 0 N–H and O–H groups in total. The molecule has 1 heterocycles. The van der Waals surface area contributed by atoms with Gasteiger partial charge in [0.2, 0.25) is 6.29 Å². The molecular weight excluding hydrogens is 592 g/mol. The number of nitro groups is 2. The first-order valence-corrected chi connectivity index (χ1v) is 13.0. The van der Waals surface area contributed by atoms with Crippen LogP contribution in [0.2, 0.25) is 0 Å². The Kier molecular flexibility index (Phi) is 11.5. The highest BCUT2D eigenvalue weighted by Gasteiger charge is 2.45. The standard InChI is InChI=1S/C27H28N2O15/c1-15(30)39-14-24-26(41-17(3)32)23(40-16(2)31)13-25(44-24)43-22-9-4-18(12-21(22)29(36)37)10-11-38-27(33)42-20-7-5-19(6-8-20)28(34)35/h4-9,12,23-26H,10-11,13-14H2,1-3H3/t23-,24-,25-,26-/m1/s1. The van der Waals surface area contributed by atoms with E-state index < -0.39 is 70.8 Å². The number of hydrogen-bond donors (Lipinski definition) is 0. The summed E-state index contributed by atoms with van der Waals surface area (Å²) < 4.78 is 37.0.